The summed E-state index contributed by atoms with van der Waals surface area (Å²) in [5, 5.41) is 4.50. The second-order valence-corrected chi connectivity index (χ2v) is 6.40. The van der Waals surface area contributed by atoms with Crippen LogP contribution in [0.25, 0.3) is 0 Å². The van der Waals surface area contributed by atoms with Crippen LogP contribution < -0.4 is 5.32 Å². The second-order valence-electron chi connectivity index (χ2n) is 5.08. The van der Waals surface area contributed by atoms with Crippen molar-refractivity contribution < 1.29 is 0 Å². The zero-order valence-corrected chi connectivity index (χ0v) is 13.7. The van der Waals surface area contributed by atoms with E-state index in [9.17, 15) is 0 Å². The highest BCUT2D eigenvalue weighted by atomic mass is 79.9. The van der Waals surface area contributed by atoms with Crippen LogP contribution in [0.15, 0.2) is 34.3 Å². The van der Waals surface area contributed by atoms with Crippen LogP contribution >= 0.6 is 27.5 Å². The van der Waals surface area contributed by atoms with Gasteiger partial charge < -0.3 is 5.32 Å². The van der Waals surface area contributed by atoms with E-state index >= 15 is 0 Å². The monoisotopic (exact) mass is 341 g/mol. The summed E-state index contributed by atoms with van der Waals surface area (Å²) in [5.74, 6) is 0. The number of rotatable bonds is 5. The van der Waals surface area contributed by atoms with Crippen molar-refractivity contribution in [1.29, 1.82) is 0 Å². The summed E-state index contributed by atoms with van der Waals surface area (Å²) in [6, 6.07) is 6.39. The molecular formula is C16H21BrClN. The maximum absolute atomic E-state index is 6.40. The third-order valence-electron chi connectivity index (χ3n) is 3.56. The van der Waals surface area contributed by atoms with Crippen molar-refractivity contribution in [2.45, 2.75) is 45.1 Å². The van der Waals surface area contributed by atoms with Gasteiger partial charge in [0.15, 0.2) is 0 Å². The average molecular weight is 343 g/mol. The summed E-state index contributed by atoms with van der Waals surface area (Å²) in [6.45, 7) is 3.21. The Labute approximate surface area is 129 Å². The lowest BCUT2D eigenvalue weighted by atomic mass is 9.89. The molecule has 0 aliphatic heterocycles. The van der Waals surface area contributed by atoms with Gasteiger partial charge in [-0.1, -0.05) is 46.1 Å². The molecule has 0 fully saturated rings. The minimum atomic E-state index is 0.269. The van der Waals surface area contributed by atoms with E-state index < -0.39 is 0 Å². The van der Waals surface area contributed by atoms with Crippen molar-refractivity contribution in [3.8, 4) is 0 Å². The predicted molar refractivity (Wildman–Crippen MR) is 86.7 cm³/mol. The fourth-order valence-corrected chi connectivity index (χ4v) is 3.20. The van der Waals surface area contributed by atoms with Crippen molar-refractivity contribution in [2.75, 3.05) is 6.54 Å². The van der Waals surface area contributed by atoms with Crippen LogP contribution in [0, 0.1) is 0 Å². The zero-order valence-electron chi connectivity index (χ0n) is 11.4. The first-order valence-corrected chi connectivity index (χ1v) is 8.26. The largest absolute Gasteiger partial charge is 0.306 e. The molecule has 1 atom stereocenters. The lowest BCUT2D eigenvalue weighted by Gasteiger charge is -2.26. The first-order valence-electron chi connectivity index (χ1n) is 7.09. The summed E-state index contributed by atoms with van der Waals surface area (Å²) in [4.78, 5) is 0. The number of nitrogens with one attached hydrogen (secondary N) is 1. The third kappa shape index (κ3) is 4.08. The van der Waals surface area contributed by atoms with Crippen LogP contribution in [-0.4, -0.2) is 6.54 Å². The maximum Gasteiger partial charge on any atom is 0.0551 e. The summed E-state index contributed by atoms with van der Waals surface area (Å²) in [6.07, 6.45) is 8.52. The molecule has 3 heteroatoms. The van der Waals surface area contributed by atoms with Crippen molar-refractivity contribution >= 4 is 27.5 Å². The molecule has 0 saturated heterocycles. The molecule has 0 amide bonds. The van der Waals surface area contributed by atoms with E-state index in [-0.39, 0.29) is 6.04 Å². The Morgan fingerprint density at radius 3 is 2.89 bits per heavy atom. The Kier molecular flexibility index (Phi) is 5.93. The number of benzene rings is 1. The first kappa shape index (κ1) is 15.1. The van der Waals surface area contributed by atoms with Gasteiger partial charge in [0.2, 0.25) is 0 Å². The highest BCUT2D eigenvalue weighted by molar-refractivity contribution is 9.10. The van der Waals surface area contributed by atoms with Crippen molar-refractivity contribution in [3.63, 3.8) is 0 Å². The number of hydrogen-bond acceptors (Lipinski definition) is 1. The molecule has 0 radical (unpaired) electrons. The predicted octanol–water partition coefficient (Wildman–Crippen LogP) is 5.64. The van der Waals surface area contributed by atoms with E-state index in [0.717, 1.165) is 22.5 Å². The summed E-state index contributed by atoms with van der Waals surface area (Å²) in [5.41, 5.74) is 2.69. The van der Waals surface area contributed by atoms with Gasteiger partial charge in [0, 0.05) is 9.50 Å². The summed E-state index contributed by atoms with van der Waals surface area (Å²) >= 11 is 9.95. The minimum absolute atomic E-state index is 0.269. The van der Waals surface area contributed by atoms with Gasteiger partial charge in [0.05, 0.1) is 6.04 Å². The van der Waals surface area contributed by atoms with E-state index in [2.05, 4.69) is 40.3 Å². The smallest absolute Gasteiger partial charge is 0.0551 e. The molecule has 1 aliphatic carbocycles. The minimum Gasteiger partial charge on any atom is -0.306 e. The Bertz CT molecular complexity index is 456. The van der Waals surface area contributed by atoms with E-state index in [1.807, 2.05) is 12.1 Å². The van der Waals surface area contributed by atoms with Gasteiger partial charge in [-0.05, 0) is 62.4 Å². The van der Waals surface area contributed by atoms with E-state index in [4.69, 9.17) is 11.6 Å². The van der Waals surface area contributed by atoms with E-state index in [0.29, 0.717) is 0 Å². The Balaban J connectivity index is 2.30. The van der Waals surface area contributed by atoms with E-state index in [1.165, 1.54) is 36.8 Å². The molecule has 1 aromatic rings. The standard InChI is InChI=1S/C16H21BrClN/c1-2-10-19-16(12-6-4-3-5-7-12)14-11-13(17)8-9-15(14)18/h6,8-9,11,16,19H,2-5,7,10H2,1H3. The number of allylic oxidation sites excluding steroid dienone is 1. The van der Waals surface area contributed by atoms with Crippen LogP contribution in [0.5, 0.6) is 0 Å². The average Bonchev–Trinajstić information content (AvgIpc) is 2.44. The first-order chi connectivity index (χ1) is 9.22. The van der Waals surface area contributed by atoms with Gasteiger partial charge in [-0.2, -0.15) is 0 Å². The van der Waals surface area contributed by atoms with Crippen molar-refractivity contribution in [2.24, 2.45) is 0 Å². The normalized spacial score (nSPS) is 17.1. The molecule has 1 unspecified atom stereocenters. The van der Waals surface area contributed by atoms with Gasteiger partial charge in [0.25, 0.3) is 0 Å². The molecule has 2 rings (SSSR count). The van der Waals surface area contributed by atoms with Crippen LogP contribution in [0.1, 0.15) is 50.6 Å². The molecule has 0 heterocycles. The summed E-state index contributed by atoms with van der Waals surface area (Å²) < 4.78 is 1.09. The molecular weight excluding hydrogens is 322 g/mol. The highest BCUT2D eigenvalue weighted by Gasteiger charge is 2.20. The molecule has 0 bridgehead atoms. The Hall–Kier alpha value is -0.310. The number of halogens is 2. The molecule has 1 nitrogen and oxygen atoms in total. The van der Waals surface area contributed by atoms with E-state index in [1.54, 1.807) is 0 Å². The van der Waals surface area contributed by atoms with Crippen LogP contribution in [0.4, 0.5) is 0 Å². The fraction of sp³-hybridized carbons (Fsp3) is 0.500. The van der Waals surface area contributed by atoms with Gasteiger partial charge in [-0.25, -0.2) is 0 Å². The number of hydrogen-bond donors (Lipinski definition) is 1. The maximum atomic E-state index is 6.40. The summed E-state index contributed by atoms with van der Waals surface area (Å²) in [7, 11) is 0. The highest BCUT2D eigenvalue weighted by Crippen LogP contribution is 2.34. The lowest BCUT2D eigenvalue weighted by molar-refractivity contribution is 0.547. The molecule has 1 aromatic carbocycles. The van der Waals surface area contributed by atoms with Gasteiger partial charge >= 0.3 is 0 Å². The lowest BCUT2D eigenvalue weighted by Crippen LogP contribution is -2.25. The van der Waals surface area contributed by atoms with Crippen molar-refractivity contribution in [3.05, 3.63) is 44.9 Å². The molecule has 0 aromatic heterocycles. The Morgan fingerprint density at radius 1 is 1.37 bits per heavy atom. The molecule has 0 spiro atoms. The van der Waals surface area contributed by atoms with Crippen LogP contribution in [-0.2, 0) is 0 Å². The fourth-order valence-electron chi connectivity index (χ4n) is 2.59. The second kappa shape index (κ2) is 7.47. The van der Waals surface area contributed by atoms with Gasteiger partial charge in [-0.3, -0.25) is 0 Å². The van der Waals surface area contributed by atoms with Gasteiger partial charge in [-0.15, -0.1) is 0 Å². The van der Waals surface area contributed by atoms with Gasteiger partial charge in [0.1, 0.15) is 0 Å². The quantitative estimate of drug-likeness (QED) is 0.682. The Morgan fingerprint density at radius 2 is 2.21 bits per heavy atom. The molecule has 104 valence electrons. The van der Waals surface area contributed by atoms with Crippen LogP contribution in [0.3, 0.4) is 0 Å². The third-order valence-corrected chi connectivity index (χ3v) is 4.40. The molecule has 19 heavy (non-hydrogen) atoms. The molecule has 1 N–H and O–H groups in total. The SMILES string of the molecule is CCCNC(C1=CCCCC1)c1cc(Br)ccc1Cl. The van der Waals surface area contributed by atoms with Crippen molar-refractivity contribution in [1.82, 2.24) is 5.32 Å². The molecule has 0 saturated carbocycles. The molecule has 1 aliphatic rings. The zero-order chi connectivity index (χ0) is 13.7. The van der Waals surface area contributed by atoms with Crippen LogP contribution in [0.2, 0.25) is 5.02 Å². The topological polar surface area (TPSA) is 12.0 Å².